The average molecular weight is 280 g/mol. The van der Waals surface area contributed by atoms with Crippen LogP contribution in [0.2, 0.25) is 8.67 Å². The third kappa shape index (κ3) is 2.71. The van der Waals surface area contributed by atoms with Crippen molar-refractivity contribution in [3.8, 4) is 0 Å². The van der Waals surface area contributed by atoms with Gasteiger partial charge in [0.05, 0.1) is 20.8 Å². The van der Waals surface area contributed by atoms with Crippen molar-refractivity contribution in [2.75, 3.05) is 13.7 Å². The van der Waals surface area contributed by atoms with Crippen molar-refractivity contribution in [3.63, 3.8) is 0 Å². The van der Waals surface area contributed by atoms with Crippen LogP contribution < -0.4 is 5.32 Å². The van der Waals surface area contributed by atoms with E-state index >= 15 is 0 Å². The fourth-order valence-corrected chi connectivity index (χ4v) is 3.68. The van der Waals surface area contributed by atoms with Gasteiger partial charge in [-0.25, -0.2) is 0 Å². The number of thiophene rings is 1. The SMILES string of the molecule is CNC(c1cc(Cl)sc1Cl)C1CCCCO1. The van der Waals surface area contributed by atoms with Crippen LogP contribution in [-0.2, 0) is 4.74 Å². The first kappa shape index (κ1) is 12.7. The highest BCUT2D eigenvalue weighted by molar-refractivity contribution is 7.20. The zero-order valence-electron chi connectivity index (χ0n) is 9.13. The first-order valence-corrected chi connectivity index (χ1v) is 7.03. The lowest BCUT2D eigenvalue weighted by Crippen LogP contribution is -2.34. The summed E-state index contributed by atoms with van der Waals surface area (Å²) in [4.78, 5) is 0. The predicted molar refractivity (Wildman–Crippen MR) is 69.7 cm³/mol. The Morgan fingerprint density at radius 1 is 1.50 bits per heavy atom. The molecular weight excluding hydrogens is 265 g/mol. The number of nitrogens with one attached hydrogen (secondary N) is 1. The number of rotatable bonds is 3. The van der Waals surface area contributed by atoms with Gasteiger partial charge in [-0.05, 0) is 32.4 Å². The van der Waals surface area contributed by atoms with Crippen LogP contribution in [0.15, 0.2) is 6.07 Å². The molecule has 0 spiro atoms. The van der Waals surface area contributed by atoms with Gasteiger partial charge in [0.25, 0.3) is 0 Å². The van der Waals surface area contributed by atoms with E-state index in [0.29, 0.717) is 0 Å². The van der Waals surface area contributed by atoms with Gasteiger partial charge < -0.3 is 10.1 Å². The maximum atomic E-state index is 6.18. The Morgan fingerprint density at radius 2 is 2.31 bits per heavy atom. The Bertz CT molecular complexity index is 350. The predicted octanol–water partition coefficient (Wildman–Crippen LogP) is 3.88. The van der Waals surface area contributed by atoms with Crippen LogP contribution in [0.1, 0.15) is 30.9 Å². The van der Waals surface area contributed by atoms with Gasteiger partial charge >= 0.3 is 0 Å². The van der Waals surface area contributed by atoms with Crippen LogP contribution >= 0.6 is 34.5 Å². The smallest absolute Gasteiger partial charge is 0.0992 e. The highest BCUT2D eigenvalue weighted by Gasteiger charge is 2.27. The Kier molecular flexibility index (Phi) is 4.50. The Balaban J connectivity index is 2.17. The second-order valence-electron chi connectivity index (χ2n) is 3.95. The van der Waals surface area contributed by atoms with E-state index in [9.17, 15) is 0 Å². The van der Waals surface area contributed by atoms with E-state index in [1.54, 1.807) is 0 Å². The zero-order chi connectivity index (χ0) is 11.5. The maximum Gasteiger partial charge on any atom is 0.0992 e. The van der Waals surface area contributed by atoms with Gasteiger partial charge in [0, 0.05) is 12.2 Å². The molecule has 0 saturated carbocycles. The van der Waals surface area contributed by atoms with Gasteiger partial charge in [-0.2, -0.15) is 0 Å². The van der Waals surface area contributed by atoms with Gasteiger partial charge in [-0.15, -0.1) is 11.3 Å². The topological polar surface area (TPSA) is 21.3 Å². The summed E-state index contributed by atoms with van der Waals surface area (Å²) in [5.74, 6) is 0. The van der Waals surface area contributed by atoms with Crippen molar-refractivity contribution in [2.24, 2.45) is 0 Å². The van der Waals surface area contributed by atoms with Gasteiger partial charge in [-0.1, -0.05) is 23.2 Å². The quantitative estimate of drug-likeness (QED) is 0.907. The van der Waals surface area contributed by atoms with Crippen molar-refractivity contribution in [2.45, 2.75) is 31.4 Å². The van der Waals surface area contributed by atoms with Crippen LogP contribution in [0.3, 0.4) is 0 Å². The zero-order valence-corrected chi connectivity index (χ0v) is 11.5. The van der Waals surface area contributed by atoms with Crippen molar-refractivity contribution < 1.29 is 4.74 Å². The summed E-state index contributed by atoms with van der Waals surface area (Å²) in [5.41, 5.74) is 1.06. The molecule has 2 nitrogen and oxygen atoms in total. The minimum absolute atomic E-state index is 0.150. The molecule has 1 aromatic heterocycles. The summed E-state index contributed by atoms with van der Waals surface area (Å²) in [6.07, 6.45) is 3.67. The molecule has 0 radical (unpaired) electrons. The minimum atomic E-state index is 0.150. The molecule has 90 valence electrons. The molecule has 0 aliphatic carbocycles. The highest BCUT2D eigenvalue weighted by Crippen LogP contribution is 2.38. The Hall–Kier alpha value is 0.200. The Morgan fingerprint density at radius 3 is 2.81 bits per heavy atom. The molecule has 2 heterocycles. The fourth-order valence-electron chi connectivity index (χ4n) is 2.14. The van der Waals surface area contributed by atoms with E-state index in [2.05, 4.69) is 5.32 Å². The summed E-state index contributed by atoms with van der Waals surface area (Å²) < 4.78 is 7.29. The number of likely N-dealkylation sites (N-methyl/N-ethyl adjacent to an activating group) is 1. The summed E-state index contributed by atoms with van der Waals surface area (Å²) in [6.45, 7) is 0.846. The molecule has 1 aliphatic heterocycles. The van der Waals surface area contributed by atoms with Crippen molar-refractivity contribution in [1.82, 2.24) is 5.32 Å². The summed E-state index contributed by atoms with van der Waals surface area (Å²) in [6, 6.07) is 2.09. The molecule has 2 rings (SSSR count). The first-order chi connectivity index (χ1) is 7.72. The highest BCUT2D eigenvalue weighted by atomic mass is 35.5. The molecule has 0 bridgehead atoms. The molecular formula is C11H15Cl2NOS. The molecule has 5 heteroatoms. The van der Waals surface area contributed by atoms with Crippen LogP contribution in [0.4, 0.5) is 0 Å². The number of halogens is 2. The summed E-state index contributed by atoms with van der Waals surface area (Å²) in [7, 11) is 1.94. The third-order valence-corrected chi connectivity index (χ3v) is 4.43. The largest absolute Gasteiger partial charge is 0.376 e. The molecule has 2 atom stereocenters. The van der Waals surface area contributed by atoms with E-state index in [1.807, 2.05) is 13.1 Å². The lowest BCUT2D eigenvalue weighted by atomic mass is 9.98. The molecule has 1 aromatic rings. The van der Waals surface area contributed by atoms with Crippen LogP contribution in [0.25, 0.3) is 0 Å². The number of hydrogen-bond donors (Lipinski definition) is 1. The second kappa shape index (κ2) is 5.69. The van der Waals surface area contributed by atoms with Crippen LogP contribution in [-0.4, -0.2) is 19.8 Å². The fraction of sp³-hybridized carbons (Fsp3) is 0.636. The molecule has 0 aromatic carbocycles. The van der Waals surface area contributed by atoms with Crippen molar-refractivity contribution >= 4 is 34.5 Å². The second-order valence-corrected chi connectivity index (χ2v) is 6.24. The lowest BCUT2D eigenvalue weighted by Gasteiger charge is -2.30. The number of hydrogen-bond acceptors (Lipinski definition) is 3. The van der Waals surface area contributed by atoms with Crippen molar-refractivity contribution in [1.29, 1.82) is 0 Å². The lowest BCUT2D eigenvalue weighted by molar-refractivity contribution is -0.00651. The molecule has 16 heavy (non-hydrogen) atoms. The summed E-state index contributed by atoms with van der Waals surface area (Å²) in [5, 5.41) is 3.28. The van der Waals surface area contributed by atoms with Gasteiger partial charge in [0.2, 0.25) is 0 Å². The standard InChI is InChI=1S/C11H15Cl2NOS/c1-14-10(8-4-2-3-5-15-8)7-6-9(12)16-11(7)13/h6,8,10,14H,2-5H2,1H3. The van der Waals surface area contributed by atoms with Gasteiger partial charge in [0.1, 0.15) is 0 Å². The molecule has 2 unspecified atom stereocenters. The minimum Gasteiger partial charge on any atom is -0.376 e. The molecule has 1 saturated heterocycles. The molecule has 1 N–H and O–H groups in total. The number of ether oxygens (including phenoxy) is 1. The van der Waals surface area contributed by atoms with Gasteiger partial charge in [0.15, 0.2) is 0 Å². The van der Waals surface area contributed by atoms with E-state index in [4.69, 9.17) is 27.9 Å². The monoisotopic (exact) mass is 279 g/mol. The molecule has 1 fully saturated rings. The van der Waals surface area contributed by atoms with Crippen molar-refractivity contribution in [3.05, 3.63) is 20.3 Å². The van der Waals surface area contributed by atoms with Crippen LogP contribution in [0, 0.1) is 0 Å². The molecule has 1 aliphatic rings. The van der Waals surface area contributed by atoms with E-state index in [-0.39, 0.29) is 12.1 Å². The Labute approximate surface area is 110 Å². The van der Waals surface area contributed by atoms with Gasteiger partial charge in [-0.3, -0.25) is 0 Å². The average Bonchev–Trinajstić information content (AvgIpc) is 2.61. The third-order valence-electron chi connectivity index (χ3n) is 2.92. The van der Waals surface area contributed by atoms with E-state index in [1.165, 1.54) is 17.8 Å². The maximum absolute atomic E-state index is 6.18. The van der Waals surface area contributed by atoms with E-state index in [0.717, 1.165) is 33.7 Å². The summed E-state index contributed by atoms with van der Waals surface area (Å²) >= 11 is 13.6. The normalized spacial score (nSPS) is 23.3. The van der Waals surface area contributed by atoms with Crippen LogP contribution in [0.5, 0.6) is 0 Å². The van der Waals surface area contributed by atoms with E-state index < -0.39 is 0 Å². The first-order valence-electron chi connectivity index (χ1n) is 5.46. The molecule has 0 amide bonds.